The average molecular weight is 486 g/mol. The van der Waals surface area contributed by atoms with Crippen LogP contribution >= 0.6 is 0 Å². The quantitative estimate of drug-likeness (QED) is 0.442. The summed E-state index contributed by atoms with van der Waals surface area (Å²) in [5, 5.41) is 15.4. The lowest BCUT2D eigenvalue weighted by atomic mass is 9.65. The maximum atomic E-state index is 13.9. The molecule has 3 fully saturated rings. The third-order valence-electron chi connectivity index (χ3n) is 8.22. The smallest absolute Gasteiger partial charge is 0.250 e. The van der Waals surface area contributed by atoms with E-state index in [4.69, 9.17) is 4.74 Å². The highest BCUT2D eigenvalue weighted by atomic mass is 16.5. The number of carbonyl (C=O) groups is 3. The molecule has 0 aromatic heterocycles. The summed E-state index contributed by atoms with van der Waals surface area (Å²) >= 11 is 0. The van der Waals surface area contributed by atoms with Crippen molar-refractivity contribution in [2.45, 2.75) is 83.5 Å². The number of benzene rings is 1. The Kier molecular flexibility index (Phi) is 7.25. The fraction of sp³-hybridized carbons (Fsp3) is 0.667. The first-order chi connectivity index (χ1) is 16.7. The fourth-order valence-corrected chi connectivity index (χ4v) is 6.48. The first-order valence-electron chi connectivity index (χ1n) is 13.0. The van der Waals surface area contributed by atoms with Crippen LogP contribution in [-0.4, -0.2) is 64.7 Å². The number of nitrogens with zero attached hydrogens (tertiary/aromatic N) is 1. The Hall–Kier alpha value is -2.45. The molecule has 8 nitrogen and oxygen atoms in total. The lowest BCUT2D eigenvalue weighted by molar-refractivity contribution is -0.146. The molecule has 3 N–H and O–H groups in total. The number of aryl methyl sites for hydroxylation is 2. The molecular formula is C27H39N3O5. The first-order valence-corrected chi connectivity index (χ1v) is 13.0. The predicted molar refractivity (Wildman–Crippen MR) is 133 cm³/mol. The summed E-state index contributed by atoms with van der Waals surface area (Å²) in [6.07, 6.45) is 3.73. The number of rotatable bonds is 10. The SMILES string of the molecule is CCCNC(=O)[C@@H]1[C@H]2C(=O)N(CCCCO)C(C(=O)Nc3cc(C)ccc3C)C23CC[C@@]1(CC)O3. The molecular weight excluding hydrogens is 446 g/mol. The van der Waals surface area contributed by atoms with Crippen LogP contribution in [0.1, 0.15) is 63.5 Å². The normalized spacial score (nSPS) is 31.1. The van der Waals surface area contributed by atoms with Crippen LogP contribution in [0.2, 0.25) is 0 Å². The molecule has 0 aliphatic carbocycles. The molecule has 1 aromatic carbocycles. The van der Waals surface area contributed by atoms with Gasteiger partial charge in [-0.25, -0.2) is 0 Å². The topological polar surface area (TPSA) is 108 Å². The molecule has 3 heterocycles. The van der Waals surface area contributed by atoms with Gasteiger partial charge >= 0.3 is 0 Å². The molecule has 3 aliphatic heterocycles. The molecule has 1 spiro atoms. The van der Waals surface area contributed by atoms with Gasteiger partial charge in [-0.2, -0.15) is 0 Å². The zero-order chi connectivity index (χ0) is 25.4. The van der Waals surface area contributed by atoms with Crippen molar-refractivity contribution in [1.82, 2.24) is 10.2 Å². The molecule has 8 heteroatoms. The van der Waals surface area contributed by atoms with Crippen molar-refractivity contribution in [3.8, 4) is 0 Å². The number of aliphatic hydroxyl groups is 1. The Morgan fingerprint density at radius 3 is 2.63 bits per heavy atom. The Bertz CT molecular complexity index is 997. The van der Waals surface area contributed by atoms with Crippen molar-refractivity contribution in [2.75, 3.05) is 25.0 Å². The van der Waals surface area contributed by atoms with Crippen molar-refractivity contribution in [3.05, 3.63) is 29.3 Å². The van der Waals surface area contributed by atoms with E-state index in [0.29, 0.717) is 50.9 Å². The molecule has 5 atom stereocenters. The van der Waals surface area contributed by atoms with Crippen molar-refractivity contribution >= 4 is 23.4 Å². The number of likely N-dealkylation sites (tertiary alicyclic amines) is 1. The summed E-state index contributed by atoms with van der Waals surface area (Å²) in [4.78, 5) is 42.8. The van der Waals surface area contributed by atoms with Crippen LogP contribution in [0.25, 0.3) is 0 Å². The zero-order valence-corrected chi connectivity index (χ0v) is 21.4. The Labute approximate surface area is 207 Å². The van der Waals surface area contributed by atoms with Gasteiger partial charge in [0, 0.05) is 25.4 Å². The number of hydrogen-bond donors (Lipinski definition) is 3. The molecule has 0 radical (unpaired) electrons. The minimum atomic E-state index is -1.03. The molecule has 0 saturated carbocycles. The highest BCUT2D eigenvalue weighted by Crippen LogP contribution is 2.64. The summed E-state index contributed by atoms with van der Waals surface area (Å²) in [6.45, 7) is 8.80. The van der Waals surface area contributed by atoms with Gasteiger partial charge < -0.3 is 25.4 Å². The van der Waals surface area contributed by atoms with E-state index in [9.17, 15) is 19.5 Å². The number of fused-ring (bicyclic) bond motifs is 1. The van der Waals surface area contributed by atoms with Crippen molar-refractivity contribution in [3.63, 3.8) is 0 Å². The molecule has 192 valence electrons. The Balaban J connectivity index is 1.72. The van der Waals surface area contributed by atoms with Gasteiger partial charge in [0.1, 0.15) is 11.6 Å². The molecule has 3 amide bonds. The third-order valence-corrected chi connectivity index (χ3v) is 8.22. The number of unbranched alkanes of at least 4 members (excludes halogenated alkanes) is 1. The lowest BCUT2D eigenvalue weighted by Crippen LogP contribution is -2.53. The summed E-state index contributed by atoms with van der Waals surface area (Å²) in [6, 6.07) is 5.06. The number of anilines is 1. The van der Waals surface area contributed by atoms with E-state index < -0.39 is 29.1 Å². The number of carbonyl (C=O) groups excluding carboxylic acids is 3. The van der Waals surface area contributed by atoms with Gasteiger partial charge in [0.25, 0.3) is 0 Å². The summed E-state index contributed by atoms with van der Waals surface area (Å²) in [7, 11) is 0. The van der Waals surface area contributed by atoms with Gasteiger partial charge in [0.05, 0.1) is 17.4 Å². The summed E-state index contributed by atoms with van der Waals surface area (Å²) < 4.78 is 6.73. The number of hydrogen-bond acceptors (Lipinski definition) is 5. The van der Waals surface area contributed by atoms with Crippen LogP contribution in [0.5, 0.6) is 0 Å². The van der Waals surface area contributed by atoms with E-state index in [1.165, 1.54) is 0 Å². The van der Waals surface area contributed by atoms with Gasteiger partial charge in [-0.1, -0.05) is 26.0 Å². The minimum Gasteiger partial charge on any atom is -0.396 e. The molecule has 2 bridgehead atoms. The molecule has 3 saturated heterocycles. The van der Waals surface area contributed by atoms with E-state index in [0.717, 1.165) is 17.5 Å². The average Bonchev–Trinajstić information content (AvgIpc) is 3.44. The van der Waals surface area contributed by atoms with Crippen LogP contribution in [0, 0.1) is 25.7 Å². The summed E-state index contributed by atoms with van der Waals surface area (Å²) in [5.74, 6) is -1.91. The van der Waals surface area contributed by atoms with E-state index >= 15 is 0 Å². The second kappa shape index (κ2) is 9.90. The van der Waals surface area contributed by atoms with Crippen LogP contribution < -0.4 is 10.6 Å². The highest BCUT2D eigenvalue weighted by molar-refractivity contribution is 6.04. The third kappa shape index (κ3) is 4.14. The van der Waals surface area contributed by atoms with Crippen LogP contribution in [0.3, 0.4) is 0 Å². The van der Waals surface area contributed by atoms with Crippen LogP contribution in [-0.2, 0) is 19.1 Å². The molecule has 35 heavy (non-hydrogen) atoms. The Morgan fingerprint density at radius 1 is 1.17 bits per heavy atom. The van der Waals surface area contributed by atoms with Crippen molar-refractivity contribution < 1.29 is 24.2 Å². The number of nitrogens with one attached hydrogen (secondary N) is 2. The van der Waals surface area contributed by atoms with E-state index in [2.05, 4.69) is 10.6 Å². The standard InChI is InChI=1S/C27H39N3O5/c1-5-13-28-23(32)20-21-25(34)30(14-7-8-15-31)22(27(21)12-11-26(20,6-2)35-27)24(33)29-19-16-17(3)9-10-18(19)4/h9-10,16,20-22,31H,5-8,11-15H2,1-4H3,(H,28,32)(H,29,33)/t20-,21-,22?,26+,27?/m0/s1. The minimum absolute atomic E-state index is 0.0213. The van der Waals surface area contributed by atoms with Gasteiger partial charge in [-0.3, -0.25) is 14.4 Å². The zero-order valence-electron chi connectivity index (χ0n) is 21.4. The number of ether oxygens (including phenoxy) is 1. The maximum absolute atomic E-state index is 13.9. The van der Waals surface area contributed by atoms with Gasteiger partial charge in [0.15, 0.2) is 0 Å². The van der Waals surface area contributed by atoms with Gasteiger partial charge in [-0.05, 0) is 69.6 Å². The predicted octanol–water partition coefficient (Wildman–Crippen LogP) is 2.70. The van der Waals surface area contributed by atoms with E-state index in [-0.39, 0.29) is 24.3 Å². The van der Waals surface area contributed by atoms with Crippen molar-refractivity contribution in [2.24, 2.45) is 11.8 Å². The molecule has 2 unspecified atom stereocenters. The Morgan fingerprint density at radius 2 is 1.94 bits per heavy atom. The van der Waals surface area contributed by atoms with E-state index in [1.54, 1.807) is 4.90 Å². The molecule has 3 aliphatic rings. The first kappa shape index (κ1) is 25.6. The van der Waals surface area contributed by atoms with Crippen LogP contribution in [0.15, 0.2) is 18.2 Å². The molecule has 4 rings (SSSR count). The fourth-order valence-electron chi connectivity index (χ4n) is 6.48. The lowest BCUT2D eigenvalue weighted by Gasteiger charge is -2.34. The summed E-state index contributed by atoms with van der Waals surface area (Å²) in [5.41, 5.74) is 0.926. The van der Waals surface area contributed by atoms with Crippen molar-refractivity contribution in [1.29, 1.82) is 0 Å². The molecule has 1 aromatic rings. The maximum Gasteiger partial charge on any atom is 0.250 e. The monoisotopic (exact) mass is 485 g/mol. The van der Waals surface area contributed by atoms with Crippen LogP contribution in [0.4, 0.5) is 5.69 Å². The highest BCUT2D eigenvalue weighted by Gasteiger charge is 2.78. The second-order valence-electron chi connectivity index (χ2n) is 10.4. The second-order valence-corrected chi connectivity index (χ2v) is 10.4. The number of amides is 3. The number of aliphatic hydroxyl groups excluding tert-OH is 1. The van der Waals surface area contributed by atoms with Gasteiger partial charge in [0.2, 0.25) is 17.7 Å². The van der Waals surface area contributed by atoms with Gasteiger partial charge in [-0.15, -0.1) is 0 Å². The largest absolute Gasteiger partial charge is 0.396 e. The van der Waals surface area contributed by atoms with E-state index in [1.807, 2.05) is 45.9 Å².